The third-order valence-corrected chi connectivity index (χ3v) is 4.58. The number of esters is 1. The molecule has 146 valence electrons. The Morgan fingerprint density at radius 2 is 1.63 bits per heavy atom. The Bertz CT molecular complexity index is 1320. The van der Waals surface area contributed by atoms with E-state index in [-0.39, 0.29) is 17.7 Å². The second-order valence-corrected chi connectivity index (χ2v) is 6.56. The first-order valence-corrected chi connectivity index (χ1v) is 9.22. The lowest BCUT2D eigenvalue weighted by Gasteiger charge is -2.04. The minimum Gasteiger partial charge on any atom is -0.456 e. The molecular formula is C24H16N2O4. The Morgan fingerprint density at radius 3 is 2.37 bits per heavy atom. The fourth-order valence-electron chi connectivity index (χ4n) is 3.05. The van der Waals surface area contributed by atoms with Gasteiger partial charge >= 0.3 is 11.7 Å². The molecule has 3 aromatic carbocycles. The van der Waals surface area contributed by atoms with E-state index in [9.17, 15) is 15.1 Å². The molecule has 0 bridgehead atoms. The molecule has 30 heavy (non-hydrogen) atoms. The number of fused-ring (bicyclic) bond motifs is 1. The highest BCUT2D eigenvalue weighted by molar-refractivity contribution is 6.40. The van der Waals surface area contributed by atoms with E-state index in [0.29, 0.717) is 27.9 Å². The molecule has 0 aliphatic carbocycles. The van der Waals surface area contributed by atoms with Crippen LogP contribution in [0.25, 0.3) is 27.8 Å². The summed E-state index contributed by atoms with van der Waals surface area (Å²) in [4.78, 5) is 27.7. The first-order chi connectivity index (χ1) is 14.7. The zero-order valence-electron chi connectivity index (χ0n) is 15.8. The highest BCUT2D eigenvalue weighted by Gasteiger charge is 2.24. The molecule has 1 aromatic heterocycles. The van der Waals surface area contributed by atoms with Gasteiger partial charge in [-0.2, -0.15) is 4.79 Å². The summed E-state index contributed by atoms with van der Waals surface area (Å²) in [6.45, 7) is 0.0685. The summed E-state index contributed by atoms with van der Waals surface area (Å²) in [6, 6.07) is 24.2. The standard InChI is InChI=1S/C24H16N2O4/c25-26-23(24(28)29-15-16-6-2-1-3-7-16)18-12-10-17(11-13-18)22-14-20(27)19-8-4-5-9-21(19)30-22/h1-14H,15H2. The Balaban J connectivity index is 1.55. The van der Waals surface area contributed by atoms with Crippen molar-refractivity contribution in [3.8, 4) is 11.3 Å². The van der Waals surface area contributed by atoms with E-state index in [0.717, 1.165) is 5.56 Å². The molecule has 4 aromatic rings. The lowest BCUT2D eigenvalue weighted by molar-refractivity contribution is -0.141. The lowest BCUT2D eigenvalue weighted by Crippen LogP contribution is -2.19. The third-order valence-electron chi connectivity index (χ3n) is 4.58. The minimum absolute atomic E-state index is 0.0685. The zero-order valence-corrected chi connectivity index (χ0v) is 15.8. The summed E-state index contributed by atoms with van der Waals surface area (Å²) in [7, 11) is 0. The summed E-state index contributed by atoms with van der Waals surface area (Å²) in [5.74, 6) is -0.342. The summed E-state index contributed by atoms with van der Waals surface area (Å²) in [5, 5.41) is 0.508. The topological polar surface area (TPSA) is 92.9 Å². The van der Waals surface area contributed by atoms with Gasteiger partial charge in [-0.25, -0.2) is 4.79 Å². The number of ether oxygens (including phenoxy) is 1. The average molecular weight is 396 g/mol. The van der Waals surface area contributed by atoms with E-state index in [4.69, 9.17) is 9.15 Å². The molecule has 6 heteroatoms. The fourth-order valence-corrected chi connectivity index (χ4v) is 3.05. The van der Waals surface area contributed by atoms with Crippen LogP contribution in [0.5, 0.6) is 0 Å². The molecule has 0 saturated carbocycles. The van der Waals surface area contributed by atoms with Gasteiger partial charge in [0.25, 0.3) is 0 Å². The molecule has 0 fully saturated rings. The number of benzene rings is 3. The third kappa shape index (κ3) is 3.94. The van der Waals surface area contributed by atoms with Crippen LogP contribution in [0.15, 0.2) is 94.1 Å². The van der Waals surface area contributed by atoms with E-state index >= 15 is 0 Å². The molecule has 0 spiro atoms. The number of hydrogen-bond acceptors (Lipinski definition) is 4. The predicted octanol–water partition coefficient (Wildman–Crippen LogP) is 4.22. The first-order valence-electron chi connectivity index (χ1n) is 9.22. The van der Waals surface area contributed by atoms with Crippen molar-refractivity contribution in [1.29, 1.82) is 0 Å². The van der Waals surface area contributed by atoms with Crippen molar-refractivity contribution < 1.29 is 18.7 Å². The maximum Gasteiger partial charge on any atom is 0.422 e. The van der Waals surface area contributed by atoms with Gasteiger partial charge in [0.15, 0.2) is 5.43 Å². The number of nitrogens with zero attached hydrogens (tertiary/aromatic N) is 2. The lowest BCUT2D eigenvalue weighted by atomic mass is 10.1. The monoisotopic (exact) mass is 396 g/mol. The second kappa shape index (κ2) is 8.39. The van der Waals surface area contributed by atoms with E-state index in [1.54, 1.807) is 48.5 Å². The highest BCUT2D eigenvalue weighted by atomic mass is 16.5. The Labute approximate surface area is 171 Å². The molecule has 4 rings (SSSR count). The first kappa shape index (κ1) is 19.1. The van der Waals surface area contributed by atoms with Crippen molar-refractivity contribution in [2.45, 2.75) is 6.61 Å². The van der Waals surface area contributed by atoms with Gasteiger partial charge in [0.05, 0.1) is 10.9 Å². The maximum absolute atomic E-state index is 12.3. The second-order valence-electron chi connectivity index (χ2n) is 6.56. The van der Waals surface area contributed by atoms with Crippen LogP contribution in [-0.4, -0.2) is 16.5 Å². The predicted molar refractivity (Wildman–Crippen MR) is 112 cm³/mol. The molecule has 0 aliphatic rings. The van der Waals surface area contributed by atoms with Crippen LogP contribution in [0.3, 0.4) is 0 Å². The average Bonchev–Trinajstić information content (AvgIpc) is 2.79. The fraction of sp³-hybridized carbons (Fsp3) is 0.0417. The van der Waals surface area contributed by atoms with Gasteiger partial charge in [0.2, 0.25) is 0 Å². The zero-order chi connectivity index (χ0) is 20.9. The molecule has 6 nitrogen and oxygen atoms in total. The van der Waals surface area contributed by atoms with Crippen LogP contribution < -0.4 is 5.43 Å². The number of rotatable bonds is 5. The van der Waals surface area contributed by atoms with Crippen molar-refractivity contribution in [3.63, 3.8) is 0 Å². The van der Waals surface area contributed by atoms with Gasteiger partial charge in [-0.1, -0.05) is 54.6 Å². The molecule has 0 aliphatic heterocycles. The summed E-state index contributed by atoms with van der Waals surface area (Å²) in [6.07, 6.45) is 0. The van der Waals surface area contributed by atoms with Crippen molar-refractivity contribution >= 4 is 22.7 Å². The molecule has 0 saturated heterocycles. The van der Waals surface area contributed by atoms with Crippen molar-refractivity contribution in [2.75, 3.05) is 0 Å². The Hall–Kier alpha value is -4.28. The van der Waals surface area contributed by atoms with E-state index in [1.165, 1.54) is 6.07 Å². The van der Waals surface area contributed by atoms with Crippen LogP contribution in [0.4, 0.5) is 0 Å². The molecule has 1 heterocycles. The van der Waals surface area contributed by atoms with Gasteiger partial charge in [-0.3, -0.25) is 4.79 Å². The summed E-state index contributed by atoms with van der Waals surface area (Å²) < 4.78 is 11.0. The van der Waals surface area contributed by atoms with Gasteiger partial charge in [0.1, 0.15) is 18.0 Å². The quantitative estimate of drug-likeness (QED) is 0.218. The van der Waals surface area contributed by atoms with Crippen LogP contribution in [0, 0.1) is 0 Å². The van der Waals surface area contributed by atoms with Crippen molar-refractivity contribution in [2.24, 2.45) is 0 Å². The maximum atomic E-state index is 12.3. The molecular weight excluding hydrogens is 380 g/mol. The molecule has 0 amide bonds. The van der Waals surface area contributed by atoms with Gasteiger partial charge < -0.3 is 14.7 Å². The van der Waals surface area contributed by atoms with Gasteiger partial charge in [-0.15, -0.1) is 0 Å². The molecule has 0 N–H and O–H groups in total. The Kier molecular flexibility index (Phi) is 5.33. The highest BCUT2D eigenvalue weighted by Crippen LogP contribution is 2.22. The Morgan fingerprint density at radius 1 is 0.933 bits per heavy atom. The van der Waals surface area contributed by atoms with Crippen LogP contribution >= 0.6 is 0 Å². The number of carbonyl (C=O) groups excluding carboxylic acids is 1. The van der Waals surface area contributed by atoms with Crippen LogP contribution in [-0.2, 0) is 16.1 Å². The van der Waals surface area contributed by atoms with Crippen molar-refractivity contribution in [3.05, 3.63) is 112 Å². The normalized spacial score (nSPS) is 10.4. The van der Waals surface area contributed by atoms with Crippen LogP contribution in [0.2, 0.25) is 0 Å². The molecule has 0 unspecified atom stereocenters. The van der Waals surface area contributed by atoms with E-state index < -0.39 is 5.97 Å². The van der Waals surface area contributed by atoms with E-state index in [2.05, 4.69) is 4.79 Å². The summed E-state index contributed by atoms with van der Waals surface area (Å²) in [5.41, 5.74) is 11.3. The largest absolute Gasteiger partial charge is 0.456 e. The van der Waals surface area contributed by atoms with Gasteiger partial charge in [-0.05, 0) is 29.8 Å². The van der Waals surface area contributed by atoms with Crippen LogP contribution in [0.1, 0.15) is 11.1 Å². The molecule has 0 atom stereocenters. The SMILES string of the molecule is [N-]=[N+]=C(C(=O)OCc1ccccc1)c1ccc(-c2cc(=O)c3ccccc3o2)cc1. The van der Waals surface area contributed by atoms with Crippen molar-refractivity contribution in [1.82, 2.24) is 0 Å². The van der Waals surface area contributed by atoms with Gasteiger partial charge in [0, 0.05) is 11.6 Å². The smallest absolute Gasteiger partial charge is 0.422 e. The number of para-hydroxylation sites is 1. The number of hydrogen-bond donors (Lipinski definition) is 0. The molecule has 0 radical (unpaired) electrons. The van der Waals surface area contributed by atoms with E-state index in [1.807, 2.05) is 30.3 Å². The summed E-state index contributed by atoms with van der Waals surface area (Å²) >= 11 is 0. The number of carbonyl (C=O) groups is 1. The minimum atomic E-state index is -0.744.